The topological polar surface area (TPSA) is 58.6 Å². The van der Waals surface area contributed by atoms with Crippen LogP contribution in [0.1, 0.15) is 37.8 Å². The van der Waals surface area contributed by atoms with Crippen molar-refractivity contribution in [2.45, 2.75) is 45.0 Å². The Morgan fingerprint density at radius 2 is 1.94 bits per heavy atom. The van der Waals surface area contributed by atoms with Crippen LogP contribution in [-0.4, -0.2) is 42.2 Å². The van der Waals surface area contributed by atoms with E-state index in [1.54, 1.807) is 24.1 Å². The highest BCUT2D eigenvalue weighted by molar-refractivity contribution is 7.99. The molecule has 0 bridgehead atoms. The molecule has 0 aliphatic rings. The van der Waals surface area contributed by atoms with Crippen LogP contribution in [0.25, 0.3) is 0 Å². The van der Waals surface area contributed by atoms with Crippen LogP contribution in [0.3, 0.4) is 0 Å². The first-order valence-electron chi connectivity index (χ1n) is 10.6. The monoisotopic (exact) mass is 496 g/mol. The summed E-state index contributed by atoms with van der Waals surface area (Å²) in [5.41, 5.74) is 1.83. The number of benzene rings is 2. The number of carbonyl (C=O) groups is 2. The molecular formula is C24H30Cl2N2O3S. The molecule has 0 heterocycles. The molecule has 0 aromatic heterocycles. The Morgan fingerprint density at radius 1 is 1.16 bits per heavy atom. The number of carbonyl (C=O) groups excluding carboxylic acids is 2. The number of ether oxygens (including phenoxy) is 1. The lowest BCUT2D eigenvalue weighted by molar-refractivity contribution is -0.139. The van der Waals surface area contributed by atoms with Crippen molar-refractivity contribution < 1.29 is 14.3 Å². The molecule has 5 nitrogen and oxygen atoms in total. The first-order chi connectivity index (χ1) is 15.4. The molecule has 0 unspecified atom stereocenters. The van der Waals surface area contributed by atoms with Crippen molar-refractivity contribution in [1.29, 1.82) is 0 Å². The first-order valence-corrected chi connectivity index (χ1v) is 12.5. The summed E-state index contributed by atoms with van der Waals surface area (Å²) in [5, 5.41) is 4.08. The molecule has 2 rings (SSSR count). The van der Waals surface area contributed by atoms with Crippen molar-refractivity contribution >= 4 is 46.8 Å². The Labute approximate surface area is 204 Å². The van der Waals surface area contributed by atoms with Gasteiger partial charge in [0, 0.05) is 28.9 Å². The van der Waals surface area contributed by atoms with Crippen LogP contribution in [0.5, 0.6) is 5.75 Å². The number of thioether (sulfide) groups is 1. The van der Waals surface area contributed by atoms with Crippen molar-refractivity contribution in [1.82, 2.24) is 10.2 Å². The van der Waals surface area contributed by atoms with E-state index in [0.29, 0.717) is 41.1 Å². The summed E-state index contributed by atoms with van der Waals surface area (Å²) in [6.07, 6.45) is 1.36. The van der Waals surface area contributed by atoms with E-state index < -0.39 is 6.04 Å². The fourth-order valence-corrected chi connectivity index (χ4v) is 4.69. The highest BCUT2D eigenvalue weighted by atomic mass is 35.5. The summed E-state index contributed by atoms with van der Waals surface area (Å²) in [6.45, 7) is 4.83. The Balaban J connectivity index is 2.15. The predicted molar refractivity (Wildman–Crippen MR) is 134 cm³/mol. The quantitative estimate of drug-likeness (QED) is 0.417. The molecule has 0 radical (unpaired) electrons. The molecule has 2 aromatic carbocycles. The molecule has 0 aliphatic carbocycles. The second kappa shape index (κ2) is 13.6. The lowest BCUT2D eigenvalue weighted by atomic mass is 10.1. The number of nitrogens with zero attached hydrogens (tertiary/aromatic N) is 1. The Morgan fingerprint density at radius 3 is 2.59 bits per heavy atom. The van der Waals surface area contributed by atoms with Gasteiger partial charge in [-0.3, -0.25) is 9.59 Å². The standard InChI is InChI=1S/C24H30Cl2N2O3S/c1-4-11-27-24(30)22(5-2)28(14-17-7-6-8-20(12-17)31-3)23(29)16-32-15-18-9-10-19(25)13-21(18)26/h6-10,12-13,22H,4-5,11,14-16H2,1-3H3,(H,27,30)/t22-/m0/s1. The Bertz CT molecular complexity index is 911. The minimum Gasteiger partial charge on any atom is -0.497 e. The minimum atomic E-state index is -0.542. The Kier molecular flexibility index (Phi) is 11.2. The molecule has 32 heavy (non-hydrogen) atoms. The molecule has 174 valence electrons. The van der Waals surface area contributed by atoms with E-state index in [1.807, 2.05) is 44.2 Å². The molecule has 1 N–H and O–H groups in total. The second-order valence-corrected chi connectivity index (χ2v) is 9.15. The van der Waals surface area contributed by atoms with Crippen molar-refractivity contribution in [2.24, 2.45) is 0 Å². The fraction of sp³-hybridized carbons (Fsp3) is 0.417. The van der Waals surface area contributed by atoms with Gasteiger partial charge >= 0.3 is 0 Å². The molecule has 0 spiro atoms. The molecule has 2 aromatic rings. The van der Waals surface area contributed by atoms with Crippen molar-refractivity contribution in [3.05, 3.63) is 63.6 Å². The molecule has 0 saturated heterocycles. The highest BCUT2D eigenvalue weighted by Crippen LogP contribution is 2.25. The zero-order chi connectivity index (χ0) is 23.5. The first kappa shape index (κ1) is 26.4. The molecule has 2 amide bonds. The van der Waals surface area contributed by atoms with Gasteiger partial charge in [0.25, 0.3) is 0 Å². The van der Waals surface area contributed by atoms with Gasteiger partial charge in [-0.1, -0.05) is 55.2 Å². The van der Waals surface area contributed by atoms with Gasteiger partial charge in [-0.05, 0) is 48.2 Å². The number of amides is 2. The third kappa shape index (κ3) is 7.91. The summed E-state index contributed by atoms with van der Waals surface area (Å²) in [4.78, 5) is 27.7. The van der Waals surface area contributed by atoms with E-state index in [9.17, 15) is 9.59 Å². The van der Waals surface area contributed by atoms with Gasteiger partial charge in [-0.15, -0.1) is 11.8 Å². The van der Waals surface area contributed by atoms with Crippen LogP contribution in [0, 0.1) is 0 Å². The fourth-order valence-electron chi connectivity index (χ4n) is 3.22. The maximum Gasteiger partial charge on any atom is 0.242 e. The number of methoxy groups -OCH3 is 1. The minimum absolute atomic E-state index is 0.0959. The molecule has 1 atom stereocenters. The van der Waals surface area contributed by atoms with Crippen LogP contribution in [-0.2, 0) is 21.9 Å². The molecule has 0 aliphatic heterocycles. The summed E-state index contributed by atoms with van der Waals surface area (Å²) in [5.74, 6) is 1.30. The number of hydrogen-bond donors (Lipinski definition) is 1. The SMILES string of the molecule is CCCNC(=O)[C@H](CC)N(Cc1cccc(OC)c1)C(=O)CSCc1ccc(Cl)cc1Cl. The average molecular weight is 497 g/mol. The van der Waals surface area contributed by atoms with Crippen LogP contribution in [0.2, 0.25) is 10.0 Å². The van der Waals surface area contributed by atoms with Gasteiger partial charge in [-0.2, -0.15) is 0 Å². The zero-order valence-corrected chi connectivity index (χ0v) is 21.0. The van der Waals surface area contributed by atoms with E-state index in [0.717, 1.165) is 17.5 Å². The molecular weight excluding hydrogens is 467 g/mol. The third-order valence-electron chi connectivity index (χ3n) is 4.92. The van der Waals surface area contributed by atoms with Crippen molar-refractivity contribution in [2.75, 3.05) is 19.4 Å². The van der Waals surface area contributed by atoms with Crippen LogP contribution >= 0.6 is 35.0 Å². The summed E-state index contributed by atoms with van der Waals surface area (Å²) < 4.78 is 5.31. The predicted octanol–water partition coefficient (Wildman–Crippen LogP) is 5.57. The van der Waals surface area contributed by atoms with E-state index >= 15 is 0 Å². The highest BCUT2D eigenvalue weighted by Gasteiger charge is 2.28. The maximum atomic E-state index is 13.2. The molecule has 0 fully saturated rings. The zero-order valence-electron chi connectivity index (χ0n) is 18.7. The Hall–Kier alpha value is -1.89. The van der Waals surface area contributed by atoms with Gasteiger partial charge in [0.15, 0.2) is 0 Å². The van der Waals surface area contributed by atoms with Crippen LogP contribution < -0.4 is 10.1 Å². The lowest BCUT2D eigenvalue weighted by Gasteiger charge is -2.30. The van der Waals surface area contributed by atoms with Gasteiger partial charge in [-0.25, -0.2) is 0 Å². The number of hydrogen-bond acceptors (Lipinski definition) is 4. The number of halogens is 2. The number of rotatable bonds is 12. The normalized spacial score (nSPS) is 11.7. The molecule has 0 saturated carbocycles. The molecule has 8 heteroatoms. The van der Waals surface area contributed by atoms with E-state index in [4.69, 9.17) is 27.9 Å². The van der Waals surface area contributed by atoms with E-state index in [1.165, 1.54) is 11.8 Å². The summed E-state index contributed by atoms with van der Waals surface area (Å²) >= 11 is 13.7. The third-order valence-corrected chi connectivity index (χ3v) is 6.47. The summed E-state index contributed by atoms with van der Waals surface area (Å²) in [7, 11) is 1.60. The largest absolute Gasteiger partial charge is 0.497 e. The summed E-state index contributed by atoms with van der Waals surface area (Å²) in [6, 6.07) is 12.4. The smallest absolute Gasteiger partial charge is 0.242 e. The van der Waals surface area contributed by atoms with Gasteiger partial charge in [0.1, 0.15) is 11.8 Å². The van der Waals surface area contributed by atoms with Gasteiger partial charge in [0.05, 0.1) is 12.9 Å². The maximum absolute atomic E-state index is 13.2. The van der Waals surface area contributed by atoms with Crippen LogP contribution in [0.15, 0.2) is 42.5 Å². The van der Waals surface area contributed by atoms with Crippen molar-refractivity contribution in [3.63, 3.8) is 0 Å². The van der Waals surface area contributed by atoms with Gasteiger partial charge < -0.3 is 15.0 Å². The average Bonchev–Trinajstić information content (AvgIpc) is 2.78. The van der Waals surface area contributed by atoms with Crippen LogP contribution in [0.4, 0.5) is 0 Å². The van der Waals surface area contributed by atoms with E-state index in [2.05, 4.69) is 5.32 Å². The second-order valence-electron chi connectivity index (χ2n) is 7.32. The lowest BCUT2D eigenvalue weighted by Crippen LogP contribution is -2.49. The number of nitrogens with one attached hydrogen (secondary N) is 1. The van der Waals surface area contributed by atoms with Crippen molar-refractivity contribution in [3.8, 4) is 5.75 Å². The van der Waals surface area contributed by atoms with E-state index in [-0.39, 0.29) is 17.6 Å². The van der Waals surface area contributed by atoms with Gasteiger partial charge in [0.2, 0.25) is 11.8 Å².